The van der Waals surface area contributed by atoms with Crippen LogP contribution >= 0.6 is 58.0 Å². The fourth-order valence-corrected chi connectivity index (χ4v) is 12.8. The van der Waals surface area contributed by atoms with Gasteiger partial charge in [0.15, 0.2) is 34.7 Å². The number of pyridine rings is 5. The second-order valence-corrected chi connectivity index (χ2v) is 27.1. The lowest BCUT2D eigenvalue weighted by Gasteiger charge is -2.36. The third kappa shape index (κ3) is 23.2. The Labute approximate surface area is 677 Å². The number of aryl methyl sites for hydroxylation is 3. The standard InChI is InChI=1S/C19H19ClN8O.C19H21ClN6O.C13H16Cl2N2O.C6H3ClFNO.C6H4N6.C6H7N5.C4H8O.H4N2/c1-13-10-15(2-3-16(13)20)26-6-8-27(9-7-26)17(29)12-28-18-14(11-23-28)4-5-22-19(18)24-25-21;1-13-10-15(2-3-16(13)20)24-6-8-25(9-7-24)17(27)12-26-18-14(11-23-26)4-5-22-19(18)21;1-10-8-11(2-3-12(10)15)16-4-6-17(7-5-16)13(18)9-14;7-6-5(8)4(3-10)1-2-9-6;7-12-11-6-5-4(1-2-8-6)3-9-10-5;7-10-6-5-4(1-2-8-6)3-9-11-5;1-2-4-5-3-1;1-2/h2-5,10-11H,6-9,12H2,1H3;2-5,10-11H,6-9,12H2,1H3,(H2,21,22);2-3,8H,4-7,9H2,1H3;1-3H;1-3H,(H,9,10);1-3H,7H2,(H,8,10)(H,9,11);1-4H2;1-2H2. The molecule has 0 unspecified atom stereocenters. The van der Waals surface area contributed by atoms with Crippen molar-refractivity contribution in [3.63, 3.8) is 0 Å². The van der Waals surface area contributed by atoms with Crippen LogP contribution in [0.1, 0.15) is 39.9 Å². The maximum atomic E-state index is 12.8. The number of rotatable bonds is 12. The van der Waals surface area contributed by atoms with E-state index in [1.54, 1.807) is 71.1 Å². The molecule has 4 aliphatic rings. The SMILES string of the molecule is C1CCOC1.Cc1cc(N2CCN(C(=O)CCl)CC2)ccc1Cl.Cc1cc(N2CCN(C(=O)Cn3ncc4ccnc(N)c43)CC2)ccc1Cl.Cc1cc(N2CCN(C(=O)Cn3ncc4ccnc(N=[N+]=[N-])c43)CC2)ccc1Cl.NN.NNc1nccc2cn[nH]c12.O=Cc1ccnc(Cl)c1F.[N-]=[N+]=Nc1nccc2cn[nH]c12. The quantitative estimate of drug-likeness (QED) is 0.00873. The van der Waals surface area contributed by atoms with Crippen molar-refractivity contribution in [2.45, 2.75) is 46.7 Å². The second-order valence-electron chi connectivity index (χ2n) is 25.3. The van der Waals surface area contributed by atoms with Gasteiger partial charge in [0.25, 0.3) is 0 Å². The highest BCUT2D eigenvalue weighted by Crippen LogP contribution is 2.29. The number of aromatic nitrogens is 13. The number of amides is 3. The molecule has 9 aromatic heterocycles. The van der Waals surface area contributed by atoms with E-state index in [9.17, 15) is 23.6 Å². The van der Waals surface area contributed by atoms with Crippen LogP contribution in [-0.2, 0) is 32.2 Å². The zero-order chi connectivity index (χ0) is 81.6. The maximum Gasteiger partial charge on any atom is 0.244 e. The van der Waals surface area contributed by atoms with E-state index in [0.29, 0.717) is 66.5 Å². The molecule has 114 heavy (non-hydrogen) atoms. The normalized spacial score (nSPS) is 13.5. The molecule has 35 nitrogen and oxygen atoms in total. The van der Waals surface area contributed by atoms with E-state index in [2.05, 4.69) is 126 Å². The van der Waals surface area contributed by atoms with Crippen molar-refractivity contribution < 1.29 is 28.3 Å². The summed E-state index contributed by atoms with van der Waals surface area (Å²) in [4.78, 5) is 84.3. The molecule has 41 heteroatoms. The minimum absolute atomic E-state index is 0.0172. The van der Waals surface area contributed by atoms with Crippen LogP contribution in [0.4, 0.5) is 44.7 Å². The van der Waals surface area contributed by atoms with Gasteiger partial charge in [0.05, 0.1) is 41.4 Å². The number of halogens is 6. The predicted molar refractivity (Wildman–Crippen MR) is 441 cm³/mol. The third-order valence-corrected chi connectivity index (χ3v) is 19.9. The van der Waals surface area contributed by atoms with Crippen molar-refractivity contribution in [3.05, 3.63) is 210 Å². The topological polar surface area (TPSA) is 468 Å². The molecule has 0 radical (unpaired) electrons. The van der Waals surface area contributed by atoms with E-state index >= 15 is 0 Å². The van der Waals surface area contributed by atoms with E-state index in [-0.39, 0.29) is 53.2 Å². The summed E-state index contributed by atoms with van der Waals surface area (Å²) in [5.74, 6) is 14.1. The number of hydrogen-bond donors (Lipinski definition) is 7. The monoisotopic (exact) mass is 1650 g/mol. The average Bonchev–Trinajstić information content (AvgIpc) is 1.04. The molecule has 0 spiro atoms. The first-order chi connectivity index (χ1) is 55.3. The van der Waals surface area contributed by atoms with Gasteiger partial charge in [-0.2, -0.15) is 20.4 Å². The molecule has 11 N–H and O–H groups in total. The molecule has 0 saturated carbocycles. The number of piperazine rings is 3. The fourth-order valence-electron chi connectivity index (χ4n) is 12.1. The molecule has 0 aliphatic carbocycles. The number of anilines is 5. The van der Waals surface area contributed by atoms with Crippen LogP contribution in [0.15, 0.2) is 151 Å². The molecule has 4 fully saturated rings. The molecule has 596 valence electrons. The number of carbonyl (C=O) groups is 4. The molecule has 13 heterocycles. The summed E-state index contributed by atoms with van der Waals surface area (Å²) in [6, 6.07) is 26.6. The number of aldehydes is 1. The number of aromatic amines is 2. The fraction of sp³-hybridized carbons (Fsp3) is 0.301. The smallest absolute Gasteiger partial charge is 0.244 e. The van der Waals surface area contributed by atoms with E-state index in [0.717, 1.165) is 141 Å². The van der Waals surface area contributed by atoms with Gasteiger partial charge in [0.1, 0.15) is 35.8 Å². The number of nitrogens with zero attached hydrogens (tertiary/aromatic N) is 23. The van der Waals surface area contributed by atoms with Crippen molar-refractivity contribution in [3.8, 4) is 0 Å². The molecule has 0 atom stereocenters. The van der Waals surface area contributed by atoms with Crippen LogP contribution < -0.4 is 43.4 Å². The Morgan fingerprint density at radius 3 is 1.40 bits per heavy atom. The highest BCUT2D eigenvalue weighted by Gasteiger charge is 2.26. The first-order valence-corrected chi connectivity index (χ1v) is 37.4. The average molecular weight is 1660 g/mol. The van der Waals surface area contributed by atoms with Gasteiger partial charge >= 0.3 is 0 Å². The number of azide groups is 2. The van der Waals surface area contributed by atoms with E-state index in [4.69, 9.17) is 85.4 Å². The molecular formula is C73H82Cl5FN30O5. The molecule has 3 amide bonds. The van der Waals surface area contributed by atoms with Gasteiger partial charge in [-0.05, 0) is 157 Å². The highest BCUT2D eigenvalue weighted by molar-refractivity contribution is 6.32. The number of alkyl halides is 1. The van der Waals surface area contributed by atoms with Crippen molar-refractivity contribution >= 4 is 166 Å². The first-order valence-electron chi connectivity index (χ1n) is 35.4. The summed E-state index contributed by atoms with van der Waals surface area (Å²) in [6.07, 6.45) is 17.4. The third-order valence-electron chi connectivity index (χ3n) is 18.2. The Hall–Kier alpha value is -11.8. The van der Waals surface area contributed by atoms with E-state index in [1.807, 2.05) is 84.0 Å². The number of fused-ring (bicyclic) bond motifs is 4. The Kier molecular flexibility index (Phi) is 32.7. The van der Waals surface area contributed by atoms with Crippen molar-refractivity contribution in [1.29, 1.82) is 0 Å². The van der Waals surface area contributed by atoms with Gasteiger partial charge < -0.3 is 45.3 Å². The lowest BCUT2D eigenvalue weighted by Crippen LogP contribution is -2.49. The number of nitrogen functional groups attached to an aromatic ring is 2. The molecular weight excluding hydrogens is 1570 g/mol. The van der Waals surface area contributed by atoms with Crippen molar-refractivity contribution in [2.24, 2.45) is 27.8 Å². The predicted octanol–water partition coefficient (Wildman–Crippen LogP) is 12.0. The van der Waals surface area contributed by atoms with Gasteiger partial charge in [-0.25, -0.2) is 25.2 Å². The Morgan fingerprint density at radius 1 is 0.553 bits per heavy atom. The number of nitrogens with one attached hydrogen (secondary N) is 3. The van der Waals surface area contributed by atoms with Gasteiger partial charge in [-0.3, -0.25) is 60.4 Å². The van der Waals surface area contributed by atoms with Crippen LogP contribution in [0.5, 0.6) is 0 Å². The number of carbonyl (C=O) groups excluding carboxylic acids is 4. The van der Waals surface area contributed by atoms with Gasteiger partial charge in [-0.1, -0.05) is 46.4 Å². The second kappa shape index (κ2) is 43.3. The molecule has 0 bridgehead atoms. The first kappa shape index (κ1) is 86.2. The van der Waals surface area contributed by atoms with Crippen LogP contribution in [-0.4, -0.2) is 201 Å². The van der Waals surface area contributed by atoms with Gasteiger partial charge in [-0.15, -0.1) is 11.6 Å². The summed E-state index contributed by atoms with van der Waals surface area (Å²) in [5, 5.41) is 34.3. The molecule has 4 saturated heterocycles. The van der Waals surface area contributed by atoms with Gasteiger partial charge in [0, 0.05) is 186 Å². The minimum Gasteiger partial charge on any atom is -0.382 e. The van der Waals surface area contributed by atoms with Crippen LogP contribution in [0.2, 0.25) is 20.2 Å². The summed E-state index contributed by atoms with van der Waals surface area (Å²) in [5.41, 5.74) is 34.7. The van der Waals surface area contributed by atoms with Crippen LogP contribution in [0.3, 0.4) is 0 Å². The maximum absolute atomic E-state index is 12.8. The number of hydrogen-bond acceptors (Lipinski definition) is 24. The summed E-state index contributed by atoms with van der Waals surface area (Å²) in [7, 11) is 0. The Bertz CT molecular complexity index is 5310. The number of hydrazine groups is 2. The van der Waals surface area contributed by atoms with Crippen LogP contribution in [0, 0.1) is 26.6 Å². The lowest BCUT2D eigenvalue weighted by atomic mass is 10.2. The number of nitrogens with two attached hydrogens (primary N) is 4. The molecule has 4 aliphatic heterocycles. The zero-order valence-corrected chi connectivity index (χ0v) is 66.0. The number of benzene rings is 3. The minimum atomic E-state index is -0.765. The molecule has 12 aromatic rings. The number of H-pyrrole nitrogens is 2. The summed E-state index contributed by atoms with van der Waals surface area (Å²) >= 11 is 29.0. The lowest BCUT2D eigenvalue weighted by molar-refractivity contribution is -0.133. The van der Waals surface area contributed by atoms with Crippen molar-refractivity contribution in [2.75, 3.05) is 123 Å². The highest BCUT2D eigenvalue weighted by atomic mass is 35.5. The Morgan fingerprint density at radius 2 is 0.965 bits per heavy atom. The van der Waals surface area contributed by atoms with E-state index in [1.165, 1.54) is 25.1 Å². The summed E-state index contributed by atoms with van der Waals surface area (Å²) in [6.45, 7) is 17.0. The zero-order valence-electron chi connectivity index (χ0n) is 62.2. The Balaban J connectivity index is 0.000000160. The largest absolute Gasteiger partial charge is 0.382 e. The summed E-state index contributed by atoms with van der Waals surface area (Å²) < 4.78 is 20.7. The van der Waals surface area contributed by atoms with Gasteiger partial charge in [0.2, 0.25) is 17.7 Å². The van der Waals surface area contributed by atoms with E-state index < -0.39 is 5.82 Å². The molecule has 16 rings (SSSR count). The van der Waals surface area contributed by atoms with Crippen molar-refractivity contribution in [1.82, 2.24) is 79.6 Å². The van der Waals surface area contributed by atoms with Crippen LogP contribution in [0.25, 0.3) is 64.5 Å². The number of ether oxygens (including phenoxy) is 1. The molecule has 3 aromatic carbocycles.